The van der Waals surface area contributed by atoms with Crippen molar-refractivity contribution < 1.29 is 19.8 Å². The Labute approximate surface area is 114 Å². The van der Waals surface area contributed by atoms with E-state index in [1.54, 1.807) is 0 Å². The van der Waals surface area contributed by atoms with E-state index in [0.29, 0.717) is 12.6 Å². The third kappa shape index (κ3) is 8.56. The first-order valence-corrected chi connectivity index (χ1v) is 6.72. The van der Waals surface area contributed by atoms with E-state index < -0.39 is 18.0 Å². The normalized spacial score (nSPS) is 14.3. The Balaban J connectivity index is 4.09. The molecule has 6 nitrogen and oxygen atoms in total. The summed E-state index contributed by atoms with van der Waals surface area (Å²) in [5.74, 6) is -1.96. The summed E-state index contributed by atoms with van der Waals surface area (Å²) in [7, 11) is 4.03. The molecule has 0 radical (unpaired) electrons. The summed E-state index contributed by atoms with van der Waals surface area (Å²) >= 11 is 0. The van der Waals surface area contributed by atoms with E-state index in [1.165, 1.54) is 0 Å². The summed E-state index contributed by atoms with van der Waals surface area (Å²) < 4.78 is 0. The van der Waals surface area contributed by atoms with Gasteiger partial charge in [0, 0.05) is 12.5 Å². The van der Waals surface area contributed by atoms with Gasteiger partial charge in [0.05, 0.1) is 0 Å². The summed E-state index contributed by atoms with van der Waals surface area (Å²) in [5.41, 5.74) is 0. The van der Waals surface area contributed by atoms with Crippen LogP contribution in [-0.4, -0.2) is 59.8 Å². The first-order valence-electron chi connectivity index (χ1n) is 6.72. The molecule has 0 aliphatic rings. The van der Waals surface area contributed by atoms with Gasteiger partial charge in [-0.15, -0.1) is 0 Å². The fourth-order valence-electron chi connectivity index (χ4n) is 2.00. The summed E-state index contributed by atoms with van der Waals surface area (Å²) in [6.45, 7) is 2.70. The van der Waals surface area contributed by atoms with Crippen LogP contribution in [0.2, 0.25) is 0 Å². The molecule has 0 aliphatic carbocycles. The van der Waals surface area contributed by atoms with Crippen LogP contribution >= 0.6 is 0 Å². The van der Waals surface area contributed by atoms with Gasteiger partial charge in [-0.2, -0.15) is 0 Å². The largest absolute Gasteiger partial charge is 0.481 e. The van der Waals surface area contributed by atoms with Crippen LogP contribution in [0.3, 0.4) is 0 Å². The van der Waals surface area contributed by atoms with Gasteiger partial charge in [-0.25, -0.2) is 0 Å². The summed E-state index contributed by atoms with van der Waals surface area (Å²) in [6, 6.07) is -0.355. The molecule has 6 heteroatoms. The fourth-order valence-corrected chi connectivity index (χ4v) is 2.00. The zero-order valence-corrected chi connectivity index (χ0v) is 12.1. The number of carboxylic acids is 2. The number of rotatable bonds is 11. The van der Waals surface area contributed by atoms with Gasteiger partial charge in [-0.3, -0.25) is 9.59 Å². The summed E-state index contributed by atoms with van der Waals surface area (Å²) in [5, 5.41) is 20.5. The van der Waals surface area contributed by atoms with Crippen molar-refractivity contribution in [1.82, 2.24) is 10.2 Å². The van der Waals surface area contributed by atoms with E-state index in [0.717, 1.165) is 19.3 Å². The number of hydrogen-bond donors (Lipinski definition) is 3. The topological polar surface area (TPSA) is 89.9 Å². The molecule has 0 rings (SSSR count). The highest BCUT2D eigenvalue weighted by Crippen LogP contribution is 2.07. The summed E-state index contributed by atoms with van der Waals surface area (Å²) in [4.78, 5) is 23.6. The molecule has 19 heavy (non-hydrogen) atoms. The van der Waals surface area contributed by atoms with E-state index in [4.69, 9.17) is 10.2 Å². The number of nitrogens with zero attached hydrogens (tertiary/aromatic N) is 1. The van der Waals surface area contributed by atoms with Crippen molar-refractivity contribution in [3.05, 3.63) is 0 Å². The predicted molar refractivity (Wildman–Crippen MR) is 73.3 cm³/mol. The van der Waals surface area contributed by atoms with Crippen molar-refractivity contribution in [1.29, 1.82) is 0 Å². The lowest BCUT2D eigenvalue weighted by Gasteiger charge is -2.24. The molecule has 0 aromatic heterocycles. The minimum Gasteiger partial charge on any atom is -0.481 e. The number of aliphatic carboxylic acids is 2. The minimum atomic E-state index is -0.988. The Bertz CT molecular complexity index is 282. The van der Waals surface area contributed by atoms with Gasteiger partial charge in [0.2, 0.25) is 0 Å². The minimum absolute atomic E-state index is 0.116. The highest BCUT2D eigenvalue weighted by Gasteiger charge is 2.18. The number of carbonyl (C=O) groups is 2. The second-order valence-electron chi connectivity index (χ2n) is 4.97. The van der Waals surface area contributed by atoms with Crippen molar-refractivity contribution in [2.45, 2.75) is 51.1 Å². The van der Waals surface area contributed by atoms with Gasteiger partial charge >= 0.3 is 11.9 Å². The highest BCUT2D eigenvalue weighted by molar-refractivity contribution is 5.75. The van der Waals surface area contributed by atoms with E-state index in [1.807, 2.05) is 14.1 Å². The third-order valence-electron chi connectivity index (χ3n) is 3.17. The highest BCUT2D eigenvalue weighted by atomic mass is 16.4. The van der Waals surface area contributed by atoms with Crippen LogP contribution in [-0.2, 0) is 9.59 Å². The zero-order chi connectivity index (χ0) is 14.8. The number of carboxylic acid groups (broad SMARTS) is 2. The molecule has 0 spiro atoms. The van der Waals surface area contributed by atoms with Crippen molar-refractivity contribution in [2.75, 3.05) is 20.6 Å². The predicted octanol–water partition coefficient (Wildman–Crippen LogP) is 1.01. The molecule has 0 aromatic carbocycles. The Morgan fingerprint density at radius 1 is 1.16 bits per heavy atom. The Kier molecular flexibility index (Phi) is 9.16. The van der Waals surface area contributed by atoms with E-state index in [9.17, 15) is 9.59 Å². The van der Waals surface area contributed by atoms with Gasteiger partial charge in [-0.1, -0.05) is 13.3 Å². The Morgan fingerprint density at radius 3 is 2.21 bits per heavy atom. The fraction of sp³-hybridized carbons (Fsp3) is 0.846. The van der Waals surface area contributed by atoms with Gasteiger partial charge < -0.3 is 20.4 Å². The third-order valence-corrected chi connectivity index (χ3v) is 3.17. The number of nitrogens with one attached hydrogen (secondary N) is 1. The van der Waals surface area contributed by atoms with Crippen LogP contribution in [0, 0.1) is 0 Å². The molecular formula is C13H26N2O4. The first kappa shape index (κ1) is 17.9. The monoisotopic (exact) mass is 274 g/mol. The van der Waals surface area contributed by atoms with Gasteiger partial charge in [0.15, 0.2) is 0 Å². The smallest absolute Gasteiger partial charge is 0.320 e. The molecule has 0 aromatic rings. The van der Waals surface area contributed by atoms with Gasteiger partial charge in [0.25, 0.3) is 0 Å². The summed E-state index contributed by atoms with van der Waals surface area (Å²) in [6.07, 6.45) is 3.00. The maximum absolute atomic E-state index is 11.0. The molecule has 2 atom stereocenters. The van der Waals surface area contributed by atoms with E-state index in [-0.39, 0.29) is 12.8 Å². The molecule has 0 amide bonds. The second kappa shape index (κ2) is 9.75. The van der Waals surface area contributed by atoms with E-state index in [2.05, 4.69) is 17.1 Å². The van der Waals surface area contributed by atoms with Crippen LogP contribution in [0.4, 0.5) is 0 Å². The average molecular weight is 274 g/mol. The Hall–Kier alpha value is -1.14. The first-order chi connectivity index (χ1) is 8.88. The quantitative estimate of drug-likeness (QED) is 0.521. The lowest BCUT2D eigenvalue weighted by atomic mass is 10.1. The zero-order valence-electron chi connectivity index (χ0n) is 12.1. The maximum atomic E-state index is 11.0. The van der Waals surface area contributed by atoms with Crippen molar-refractivity contribution in [2.24, 2.45) is 0 Å². The van der Waals surface area contributed by atoms with Crippen molar-refractivity contribution in [3.63, 3.8) is 0 Å². The molecule has 3 N–H and O–H groups in total. The average Bonchev–Trinajstić information content (AvgIpc) is 2.30. The van der Waals surface area contributed by atoms with Gasteiger partial charge in [0.1, 0.15) is 6.04 Å². The second-order valence-corrected chi connectivity index (χ2v) is 4.97. The molecule has 0 heterocycles. The van der Waals surface area contributed by atoms with Crippen molar-refractivity contribution >= 4 is 11.9 Å². The SMILES string of the molecule is CCCC(CCNC(CCC(=O)O)C(=O)O)N(C)C. The Morgan fingerprint density at radius 2 is 1.79 bits per heavy atom. The standard InChI is InChI=1S/C13H26N2O4/c1-4-5-10(15(2)3)8-9-14-11(13(18)19)6-7-12(16)17/h10-11,14H,4-9H2,1-3H3,(H,16,17)(H,18,19). The molecular weight excluding hydrogens is 248 g/mol. The van der Waals surface area contributed by atoms with Crippen LogP contribution < -0.4 is 5.32 Å². The lowest BCUT2D eigenvalue weighted by molar-refractivity contribution is -0.140. The van der Waals surface area contributed by atoms with Crippen LogP contribution in [0.25, 0.3) is 0 Å². The molecule has 0 saturated carbocycles. The maximum Gasteiger partial charge on any atom is 0.320 e. The number of hydrogen-bond acceptors (Lipinski definition) is 4. The van der Waals surface area contributed by atoms with Crippen LogP contribution in [0.5, 0.6) is 0 Å². The van der Waals surface area contributed by atoms with Gasteiger partial charge in [-0.05, 0) is 39.9 Å². The van der Waals surface area contributed by atoms with E-state index >= 15 is 0 Å². The molecule has 0 aliphatic heterocycles. The van der Waals surface area contributed by atoms with Crippen LogP contribution in [0.1, 0.15) is 39.0 Å². The van der Waals surface area contributed by atoms with Crippen LogP contribution in [0.15, 0.2) is 0 Å². The molecule has 112 valence electrons. The molecule has 0 bridgehead atoms. The lowest BCUT2D eigenvalue weighted by Crippen LogP contribution is -2.40. The molecule has 2 unspecified atom stereocenters. The van der Waals surface area contributed by atoms with Crippen molar-refractivity contribution in [3.8, 4) is 0 Å². The molecule has 0 saturated heterocycles. The molecule has 0 fully saturated rings.